The first-order chi connectivity index (χ1) is 43.7. The molecule has 0 amide bonds. The number of hydrogen-bond acceptors (Lipinski definition) is 6. The third-order valence-corrected chi connectivity index (χ3v) is 17.5. The molecule has 0 radical (unpaired) electrons. The molecule has 1 unspecified atom stereocenters. The number of hydrogen-bond donors (Lipinski definition) is 1. The van der Waals surface area contributed by atoms with E-state index >= 15 is 0 Å². The molecule has 12 aromatic carbocycles. The van der Waals surface area contributed by atoms with Gasteiger partial charge in [0.25, 0.3) is 0 Å². The first kappa shape index (κ1) is 49.4. The summed E-state index contributed by atoms with van der Waals surface area (Å²) in [4.78, 5) is 27.0. The van der Waals surface area contributed by atoms with E-state index in [-0.39, 0.29) is 0 Å². The Hall–Kier alpha value is -12.0. The van der Waals surface area contributed by atoms with Gasteiger partial charge in [-0.1, -0.05) is 237 Å². The summed E-state index contributed by atoms with van der Waals surface area (Å²) in [6, 6.07) is 103. The van der Waals surface area contributed by atoms with Gasteiger partial charge in [-0.15, -0.1) is 0 Å². The van der Waals surface area contributed by atoms with E-state index in [9.17, 15) is 0 Å². The topological polar surface area (TPSA) is 95.1 Å². The number of amidine groups is 2. The Kier molecular flexibility index (Phi) is 11.1. The first-order valence-corrected chi connectivity index (χ1v) is 29.7. The van der Waals surface area contributed by atoms with Crippen molar-refractivity contribution in [3.8, 4) is 51.2 Å². The zero-order valence-electron chi connectivity index (χ0n) is 47.3. The Labute approximate surface area is 504 Å². The van der Waals surface area contributed by atoms with E-state index < -0.39 is 6.29 Å². The van der Waals surface area contributed by atoms with Gasteiger partial charge in [-0.3, -0.25) is 9.13 Å². The second-order valence-electron chi connectivity index (χ2n) is 22.4. The summed E-state index contributed by atoms with van der Waals surface area (Å²) < 4.78 is 9.53. The zero-order valence-corrected chi connectivity index (χ0v) is 47.3. The lowest BCUT2D eigenvalue weighted by atomic mass is 10.0. The fourth-order valence-electron chi connectivity index (χ4n) is 13.6. The van der Waals surface area contributed by atoms with E-state index in [1.807, 2.05) is 60.7 Å². The minimum absolute atomic E-state index is 0.521. The number of benzene rings is 12. The third-order valence-electron chi connectivity index (χ3n) is 17.5. The Morgan fingerprint density at radius 2 is 0.705 bits per heavy atom. The van der Waals surface area contributed by atoms with Gasteiger partial charge in [-0.2, -0.15) is 9.97 Å². The Balaban J connectivity index is 0.927. The molecule has 10 heteroatoms. The van der Waals surface area contributed by atoms with Crippen molar-refractivity contribution in [2.45, 2.75) is 6.29 Å². The molecule has 1 aliphatic rings. The van der Waals surface area contributed by atoms with Crippen molar-refractivity contribution in [3.05, 3.63) is 302 Å². The lowest BCUT2D eigenvalue weighted by molar-refractivity contribution is 0.516. The number of aromatic nitrogens is 7. The van der Waals surface area contributed by atoms with Crippen LogP contribution in [0.3, 0.4) is 0 Å². The van der Waals surface area contributed by atoms with Crippen molar-refractivity contribution in [1.29, 1.82) is 0 Å². The van der Waals surface area contributed by atoms with Gasteiger partial charge in [0.05, 0.1) is 44.1 Å². The highest BCUT2D eigenvalue weighted by Crippen LogP contribution is 2.46. The van der Waals surface area contributed by atoms with E-state index in [4.69, 9.17) is 24.9 Å². The van der Waals surface area contributed by atoms with Crippen LogP contribution in [0, 0.1) is 0 Å². The van der Waals surface area contributed by atoms with Crippen LogP contribution in [0.4, 0.5) is 0 Å². The molecule has 412 valence electrons. The normalized spacial score (nSPS) is 13.6. The second-order valence-corrected chi connectivity index (χ2v) is 22.4. The molecule has 0 spiro atoms. The SMILES string of the molecule is c1ccc(C2=NC(n3c4ccc(-c5ccc6c7ccc8c9ccccc9n(-c9ccccc9)c8c7n(-c7nc(-c8ccccc8)nc(-c8ccccc8)n7)c6c5)cc4c4ccc5c6ccccc6n(-c6ccccc6)c5c43)NC(c3ccccc3)=N2)cc1. The molecule has 5 aromatic heterocycles. The van der Waals surface area contributed by atoms with Gasteiger partial charge in [0.2, 0.25) is 12.2 Å². The lowest BCUT2D eigenvalue weighted by Gasteiger charge is -2.26. The van der Waals surface area contributed by atoms with Crippen molar-refractivity contribution in [3.63, 3.8) is 0 Å². The van der Waals surface area contributed by atoms with E-state index in [2.05, 4.69) is 254 Å². The summed E-state index contributed by atoms with van der Waals surface area (Å²) in [7, 11) is 0. The minimum Gasteiger partial charge on any atom is -0.331 e. The number of fused-ring (bicyclic) bond motifs is 14. The summed E-state index contributed by atoms with van der Waals surface area (Å²) in [6.07, 6.45) is -0.598. The van der Waals surface area contributed by atoms with E-state index in [1.165, 1.54) is 5.39 Å². The monoisotopic (exact) mass is 1130 g/mol. The molecule has 0 fully saturated rings. The molecule has 1 aliphatic heterocycles. The lowest BCUT2D eigenvalue weighted by Crippen LogP contribution is -2.36. The number of para-hydroxylation sites is 4. The van der Waals surface area contributed by atoms with Gasteiger partial charge >= 0.3 is 0 Å². The van der Waals surface area contributed by atoms with Crippen LogP contribution in [0.1, 0.15) is 17.4 Å². The molecule has 88 heavy (non-hydrogen) atoms. The van der Waals surface area contributed by atoms with Crippen LogP contribution < -0.4 is 5.32 Å². The van der Waals surface area contributed by atoms with Crippen LogP contribution in [0.25, 0.3) is 138 Å². The van der Waals surface area contributed by atoms with Gasteiger partial charge in [-0.05, 0) is 65.7 Å². The minimum atomic E-state index is -0.598. The van der Waals surface area contributed by atoms with Gasteiger partial charge in [-0.25, -0.2) is 15.0 Å². The molecule has 1 atom stereocenters. The molecular formula is C78H50N10. The standard InChI is InChI=1S/C78H50N10/c1-7-23-49(24-8-1)73-79-74(50-25-9-2-10-26-50)82-77(81-73)87-67-46-40-53(47-64(67)63-45-44-61-58-36-20-22-38-66(58)86(70(61)72(63)87)56-33-17-6-18-34-56)54-39-41-59-62-43-42-60-57-35-19-21-37-65(57)85(55-31-15-5-16-32-55)69(60)71(62)88(68(59)48-54)78-83-75(51-27-11-3-12-28-51)80-76(84-78)52-29-13-4-14-30-52/h1-48,77H,(H,79,81,82). The van der Waals surface area contributed by atoms with Crippen LogP contribution in [-0.4, -0.2) is 44.9 Å². The second kappa shape index (κ2) is 19.8. The van der Waals surface area contributed by atoms with Crippen molar-refractivity contribution in [2.24, 2.45) is 9.98 Å². The zero-order chi connectivity index (χ0) is 57.8. The highest BCUT2D eigenvalue weighted by Gasteiger charge is 2.29. The van der Waals surface area contributed by atoms with E-state index in [0.29, 0.717) is 23.4 Å². The number of aliphatic imine (C=N–C) groups is 2. The molecule has 0 aliphatic carbocycles. The number of rotatable bonds is 9. The molecular weight excluding hydrogens is 1080 g/mol. The molecule has 0 saturated carbocycles. The fourth-order valence-corrected chi connectivity index (χ4v) is 13.6. The Bertz CT molecular complexity index is 5630. The average Bonchev–Trinajstić information content (AvgIpc) is 1.58. The molecule has 10 nitrogen and oxygen atoms in total. The maximum absolute atomic E-state index is 5.57. The highest BCUT2D eigenvalue weighted by atomic mass is 15.3. The van der Waals surface area contributed by atoms with Gasteiger partial charge in [0.15, 0.2) is 17.5 Å². The number of nitrogens with one attached hydrogen (secondary N) is 1. The van der Waals surface area contributed by atoms with Gasteiger partial charge < -0.3 is 14.5 Å². The van der Waals surface area contributed by atoms with Crippen molar-refractivity contribution < 1.29 is 0 Å². The molecule has 0 bridgehead atoms. The average molecular weight is 1130 g/mol. The summed E-state index contributed by atoms with van der Waals surface area (Å²) in [5.74, 6) is 3.09. The third kappa shape index (κ3) is 7.72. The van der Waals surface area contributed by atoms with Crippen molar-refractivity contribution in [2.75, 3.05) is 0 Å². The Morgan fingerprint density at radius 3 is 1.26 bits per heavy atom. The predicted octanol–water partition coefficient (Wildman–Crippen LogP) is 18.2. The van der Waals surface area contributed by atoms with Crippen molar-refractivity contribution in [1.82, 2.24) is 38.5 Å². The summed E-state index contributed by atoms with van der Waals surface area (Å²) >= 11 is 0. The summed E-state index contributed by atoms with van der Waals surface area (Å²) in [5, 5.41) is 12.8. The largest absolute Gasteiger partial charge is 0.331 e. The molecule has 17 aromatic rings. The quantitative estimate of drug-likeness (QED) is 0.156. The first-order valence-electron chi connectivity index (χ1n) is 29.7. The van der Waals surface area contributed by atoms with Crippen LogP contribution in [0.15, 0.2) is 301 Å². The maximum atomic E-state index is 5.57. The summed E-state index contributed by atoms with van der Waals surface area (Å²) in [6.45, 7) is 0. The van der Waals surface area contributed by atoms with Crippen LogP contribution >= 0.6 is 0 Å². The van der Waals surface area contributed by atoms with Gasteiger partial charge in [0, 0.05) is 76.7 Å². The Morgan fingerprint density at radius 1 is 0.284 bits per heavy atom. The van der Waals surface area contributed by atoms with Crippen LogP contribution in [-0.2, 0) is 0 Å². The smallest absolute Gasteiger partial charge is 0.238 e. The molecule has 18 rings (SSSR count). The van der Waals surface area contributed by atoms with Crippen LogP contribution in [0.5, 0.6) is 0 Å². The molecule has 1 N–H and O–H groups in total. The van der Waals surface area contributed by atoms with E-state index in [0.717, 1.165) is 132 Å². The van der Waals surface area contributed by atoms with Crippen molar-refractivity contribution >= 4 is 98.9 Å². The fraction of sp³-hybridized carbons (Fsp3) is 0.0128. The molecule has 0 saturated heterocycles. The van der Waals surface area contributed by atoms with E-state index in [1.54, 1.807) is 0 Å². The highest BCUT2D eigenvalue weighted by molar-refractivity contribution is 6.26. The number of nitrogens with zero attached hydrogens (tertiary/aromatic N) is 9. The molecule has 6 heterocycles. The van der Waals surface area contributed by atoms with Crippen LogP contribution in [0.2, 0.25) is 0 Å². The predicted molar refractivity (Wildman–Crippen MR) is 360 cm³/mol. The summed E-state index contributed by atoms with van der Waals surface area (Å²) in [5.41, 5.74) is 16.4. The maximum Gasteiger partial charge on any atom is 0.238 e. The van der Waals surface area contributed by atoms with Gasteiger partial charge in [0.1, 0.15) is 5.84 Å².